The predicted octanol–water partition coefficient (Wildman–Crippen LogP) is 2.66. The van der Waals surface area contributed by atoms with E-state index < -0.39 is 0 Å². The molecule has 1 atom stereocenters. The van der Waals surface area contributed by atoms with Crippen molar-refractivity contribution in [1.82, 2.24) is 4.90 Å². The molecule has 0 spiro atoms. The number of piperidine rings is 1. The lowest BCUT2D eigenvalue weighted by Crippen LogP contribution is -2.36. The standard InChI is InChI=1S/C14H21FN2/c1-11-4-2-3-5-17(11)10-13-6-12(9-16)7-14(15)8-13/h6-8,11H,2-5,9-10,16H2,1H3. The first-order valence-electron chi connectivity index (χ1n) is 6.41. The second kappa shape index (κ2) is 5.61. The molecule has 94 valence electrons. The number of halogens is 1. The summed E-state index contributed by atoms with van der Waals surface area (Å²) in [6, 6.07) is 5.77. The molecule has 0 aliphatic carbocycles. The van der Waals surface area contributed by atoms with Gasteiger partial charge in [0.1, 0.15) is 5.82 Å². The van der Waals surface area contributed by atoms with Gasteiger partial charge in [0.05, 0.1) is 0 Å². The van der Waals surface area contributed by atoms with E-state index in [1.54, 1.807) is 6.07 Å². The first-order chi connectivity index (χ1) is 8.19. The molecule has 1 unspecified atom stereocenters. The molecule has 2 rings (SSSR count). The summed E-state index contributed by atoms with van der Waals surface area (Å²) in [6.45, 7) is 4.62. The zero-order valence-corrected chi connectivity index (χ0v) is 10.5. The molecule has 0 amide bonds. The Kier molecular flexibility index (Phi) is 4.13. The van der Waals surface area contributed by atoms with Crippen molar-refractivity contribution in [2.75, 3.05) is 6.54 Å². The van der Waals surface area contributed by atoms with Crippen molar-refractivity contribution in [2.24, 2.45) is 5.73 Å². The lowest BCUT2D eigenvalue weighted by Gasteiger charge is -2.33. The van der Waals surface area contributed by atoms with Gasteiger partial charge in [-0.15, -0.1) is 0 Å². The Hall–Kier alpha value is -0.930. The number of benzene rings is 1. The molecule has 2 N–H and O–H groups in total. The van der Waals surface area contributed by atoms with Crippen molar-refractivity contribution in [1.29, 1.82) is 0 Å². The maximum atomic E-state index is 13.4. The SMILES string of the molecule is CC1CCCCN1Cc1cc(F)cc(CN)c1. The predicted molar refractivity (Wildman–Crippen MR) is 68.0 cm³/mol. The van der Waals surface area contributed by atoms with Gasteiger partial charge in [-0.05, 0) is 49.6 Å². The fourth-order valence-electron chi connectivity index (χ4n) is 2.55. The van der Waals surface area contributed by atoms with Crippen LogP contribution in [0.3, 0.4) is 0 Å². The van der Waals surface area contributed by atoms with Crippen molar-refractivity contribution >= 4 is 0 Å². The van der Waals surface area contributed by atoms with Gasteiger partial charge in [-0.3, -0.25) is 4.90 Å². The van der Waals surface area contributed by atoms with Crippen LogP contribution in [-0.4, -0.2) is 17.5 Å². The number of nitrogens with zero attached hydrogens (tertiary/aromatic N) is 1. The largest absolute Gasteiger partial charge is 0.326 e. The van der Waals surface area contributed by atoms with Crippen LogP contribution in [0, 0.1) is 5.82 Å². The van der Waals surface area contributed by atoms with E-state index in [-0.39, 0.29) is 5.82 Å². The van der Waals surface area contributed by atoms with Crippen LogP contribution < -0.4 is 5.73 Å². The van der Waals surface area contributed by atoms with E-state index in [4.69, 9.17) is 5.73 Å². The van der Waals surface area contributed by atoms with Crippen LogP contribution in [0.15, 0.2) is 18.2 Å². The average molecular weight is 236 g/mol. The molecule has 1 aromatic rings. The summed E-state index contributed by atoms with van der Waals surface area (Å²) in [4.78, 5) is 2.43. The maximum Gasteiger partial charge on any atom is 0.123 e. The van der Waals surface area contributed by atoms with Crippen molar-refractivity contribution in [3.63, 3.8) is 0 Å². The highest BCUT2D eigenvalue weighted by molar-refractivity contribution is 5.24. The van der Waals surface area contributed by atoms with Crippen LogP contribution in [0.25, 0.3) is 0 Å². The summed E-state index contributed by atoms with van der Waals surface area (Å²) in [7, 11) is 0. The molecule has 0 saturated carbocycles. The Morgan fingerprint density at radius 3 is 2.76 bits per heavy atom. The highest BCUT2D eigenvalue weighted by Crippen LogP contribution is 2.20. The third-order valence-electron chi connectivity index (χ3n) is 3.58. The molecule has 1 fully saturated rings. The zero-order valence-electron chi connectivity index (χ0n) is 10.5. The third-order valence-corrected chi connectivity index (χ3v) is 3.58. The minimum atomic E-state index is -0.174. The first-order valence-corrected chi connectivity index (χ1v) is 6.41. The van der Waals surface area contributed by atoms with E-state index in [0.29, 0.717) is 12.6 Å². The molecule has 0 radical (unpaired) electrons. The third kappa shape index (κ3) is 3.27. The van der Waals surface area contributed by atoms with E-state index in [9.17, 15) is 4.39 Å². The highest BCUT2D eigenvalue weighted by Gasteiger charge is 2.18. The fraction of sp³-hybridized carbons (Fsp3) is 0.571. The number of hydrogen-bond donors (Lipinski definition) is 1. The second-order valence-electron chi connectivity index (χ2n) is 4.99. The molecular formula is C14H21FN2. The second-order valence-corrected chi connectivity index (χ2v) is 4.99. The van der Waals surface area contributed by atoms with Crippen molar-refractivity contribution in [3.05, 3.63) is 35.1 Å². The zero-order chi connectivity index (χ0) is 12.3. The molecule has 2 nitrogen and oxygen atoms in total. The van der Waals surface area contributed by atoms with Crippen LogP contribution >= 0.6 is 0 Å². The molecule has 17 heavy (non-hydrogen) atoms. The van der Waals surface area contributed by atoms with Gasteiger partial charge in [0.25, 0.3) is 0 Å². The normalized spacial score (nSPS) is 21.7. The minimum absolute atomic E-state index is 0.174. The van der Waals surface area contributed by atoms with Gasteiger partial charge in [-0.25, -0.2) is 4.39 Å². The summed E-state index contributed by atoms with van der Waals surface area (Å²) < 4.78 is 13.4. The highest BCUT2D eigenvalue weighted by atomic mass is 19.1. The van der Waals surface area contributed by atoms with E-state index in [1.165, 1.54) is 25.3 Å². The van der Waals surface area contributed by atoms with E-state index in [0.717, 1.165) is 24.2 Å². The lowest BCUT2D eigenvalue weighted by atomic mass is 10.0. The Bertz CT molecular complexity index is 378. The van der Waals surface area contributed by atoms with Gasteiger partial charge in [-0.2, -0.15) is 0 Å². The van der Waals surface area contributed by atoms with Gasteiger partial charge in [0.15, 0.2) is 0 Å². The van der Waals surface area contributed by atoms with Crippen molar-refractivity contribution < 1.29 is 4.39 Å². The lowest BCUT2D eigenvalue weighted by molar-refractivity contribution is 0.152. The van der Waals surface area contributed by atoms with Crippen LogP contribution in [0.1, 0.15) is 37.3 Å². The summed E-state index contributed by atoms with van der Waals surface area (Å²) in [6.07, 6.45) is 3.82. The maximum absolute atomic E-state index is 13.4. The Balaban J connectivity index is 2.09. The number of hydrogen-bond acceptors (Lipinski definition) is 2. The Morgan fingerprint density at radius 1 is 1.29 bits per heavy atom. The smallest absolute Gasteiger partial charge is 0.123 e. The quantitative estimate of drug-likeness (QED) is 0.874. The van der Waals surface area contributed by atoms with E-state index in [2.05, 4.69) is 11.8 Å². The van der Waals surface area contributed by atoms with Crippen LogP contribution in [-0.2, 0) is 13.1 Å². The molecule has 1 aliphatic rings. The van der Waals surface area contributed by atoms with Crippen molar-refractivity contribution in [2.45, 2.75) is 45.3 Å². The summed E-state index contributed by atoms with van der Waals surface area (Å²) in [5.41, 5.74) is 7.49. The summed E-state index contributed by atoms with van der Waals surface area (Å²) >= 11 is 0. The molecule has 1 aromatic carbocycles. The molecule has 1 heterocycles. The number of rotatable bonds is 3. The number of likely N-dealkylation sites (tertiary alicyclic amines) is 1. The summed E-state index contributed by atoms with van der Waals surface area (Å²) in [5, 5.41) is 0. The van der Waals surface area contributed by atoms with E-state index >= 15 is 0 Å². The average Bonchev–Trinajstić information content (AvgIpc) is 2.31. The monoisotopic (exact) mass is 236 g/mol. The fourth-order valence-corrected chi connectivity index (χ4v) is 2.55. The van der Waals surface area contributed by atoms with Crippen LogP contribution in [0.5, 0.6) is 0 Å². The number of nitrogens with two attached hydrogens (primary N) is 1. The Morgan fingerprint density at radius 2 is 2.06 bits per heavy atom. The molecule has 3 heteroatoms. The van der Waals surface area contributed by atoms with E-state index in [1.807, 2.05) is 6.07 Å². The molecule has 1 saturated heterocycles. The Labute approximate surface area is 103 Å². The van der Waals surface area contributed by atoms with Gasteiger partial charge < -0.3 is 5.73 Å². The molecular weight excluding hydrogens is 215 g/mol. The molecule has 0 aromatic heterocycles. The van der Waals surface area contributed by atoms with Gasteiger partial charge in [0, 0.05) is 19.1 Å². The summed E-state index contributed by atoms with van der Waals surface area (Å²) in [5.74, 6) is -0.174. The van der Waals surface area contributed by atoms with Crippen LogP contribution in [0.2, 0.25) is 0 Å². The van der Waals surface area contributed by atoms with Crippen LogP contribution in [0.4, 0.5) is 4.39 Å². The topological polar surface area (TPSA) is 29.3 Å². The molecule has 0 bridgehead atoms. The first kappa shape index (κ1) is 12.5. The minimum Gasteiger partial charge on any atom is -0.326 e. The van der Waals surface area contributed by atoms with Gasteiger partial charge in [0.2, 0.25) is 0 Å². The molecule has 1 aliphatic heterocycles. The van der Waals surface area contributed by atoms with Gasteiger partial charge in [-0.1, -0.05) is 12.5 Å². The van der Waals surface area contributed by atoms with Crippen molar-refractivity contribution in [3.8, 4) is 0 Å². The van der Waals surface area contributed by atoms with Gasteiger partial charge >= 0.3 is 0 Å².